The molecule has 28 heavy (non-hydrogen) atoms. The number of aryl methyl sites for hydroxylation is 1. The van der Waals surface area contributed by atoms with Gasteiger partial charge in [-0.2, -0.15) is 5.10 Å². The van der Waals surface area contributed by atoms with Crippen molar-refractivity contribution < 1.29 is 14.3 Å². The number of rotatable bonds is 7. The van der Waals surface area contributed by atoms with Gasteiger partial charge in [0.25, 0.3) is 0 Å². The van der Waals surface area contributed by atoms with Gasteiger partial charge in [0.15, 0.2) is 11.8 Å². The maximum atomic E-state index is 10.6. The molecule has 0 aromatic carbocycles. The number of furan rings is 1. The maximum Gasteiger partial charge on any atom is 0.191 e. The number of nitrogens with one attached hydrogen (secondary N) is 2. The van der Waals surface area contributed by atoms with E-state index in [0.717, 1.165) is 25.2 Å². The fourth-order valence-corrected chi connectivity index (χ4v) is 3.08. The smallest absolute Gasteiger partial charge is 0.191 e. The summed E-state index contributed by atoms with van der Waals surface area (Å²) in [5, 5.41) is 21.7. The highest BCUT2D eigenvalue weighted by Crippen LogP contribution is 2.21. The second kappa shape index (κ2) is 10.2. The minimum absolute atomic E-state index is 0. The SMILES string of the molecule is CCNC(=NCC(C)(O)c1ccco1)NC1CCc2nc(COC)nn2C1.I. The molecule has 2 aromatic heterocycles. The first-order valence-corrected chi connectivity index (χ1v) is 9.24. The summed E-state index contributed by atoms with van der Waals surface area (Å²) in [6.07, 6.45) is 3.33. The van der Waals surface area contributed by atoms with Gasteiger partial charge in [-0.05, 0) is 32.4 Å². The van der Waals surface area contributed by atoms with E-state index in [2.05, 4.69) is 25.7 Å². The normalized spacial score (nSPS) is 18.7. The van der Waals surface area contributed by atoms with E-state index < -0.39 is 5.60 Å². The number of halogens is 1. The van der Waals surface area contributed by atoms with Crippen LogP contribution >= 0.6 is 24.0 Å². The largest absolute Gasteiger partial charge is 0.466 e. The zero-order valence-electron chi connectivity index (χ0n) is 16.5. The number of guanidine groups is 1. The van der Waals surface area contributed by atoms with E-state index in [1.807, 2.05) is 11.6 Å². The highest BCUT2D eigenvalue weighted by atomic mass is 127. The van der Waals surface area contributed by atoms with Gasteiger partial charge in [0.2, 0.25) is 0 Å². The lowest BCUT2D eigenvalue weighted by atomic mass is 10.0. The molecule has 2 unspecified atom stereocenters. The summed E-state index contributed by atoms with van der Waals surface area (Å²) in [5.74, 6) is 2.86. The molecule has 0 saturated carbocycles. The van der Waals surface area contributed by atoms with Crippen molar-refractivity contribution in [1.29, 1.82) is 0 Å². The molecule has 0 radical (unpaired) electrons. The molecule has 1 aliphatic heterocycles. The summed E-state index contributed by atoms with van der Waals surface area (Å²) in [6, 6.07) is 3.69. The number of ether oxygens (including phenoxy) is 1. The van der Waals surface area contributed by atoms with Crippen LogP contribution in [0.1, 0.15) is 37.7 Å². The van der Waals surface area contributed by atoms with Crippen LogP contribution in [-0.2, 0) is 29.9 Å². The third kappa shape index (κ3) is 5.67. The summed E-state index contributed by atoms with van der Waals surface area (Å²) in [5.41, 5.74) is -1.16. The molecule has 0 spiro atoms. The Morgan fingerprint density at radius 1 is 1.54 bits per heavy atom. The summed E-state index contributed by atoms with van der Waals surface area (Å²) in [7, 11) is 1.64. The number of aromatic nitrogens is 3. The van der Waals surface area contributed by atoms with Gasteiger partial charge in [0.1, 0.15) is 23.8 Å². The number of aliphatic imine (C=N–C) groups is 1. The molecular weight excluding hydrogens is 475 g/mol. The monoisotopic (exact) mass is 504 g/mol. The van der Waals surface area contributed by atoms with Gasteiger partial charge in [-0.1, -0.05) is 0 Å². The molecule has 0 fully saturated rings. The average Bonchev–Trinajstić information content (AvgIpc) is 3.30. The molecule has 3 N–H and O–H groups in total. The predicted octanol–water partition coefficient (Wildman–Crippen LogP) is 1.41. The van der Waals surface area contributed by atoms with Gasteiger partial charge in [0, 0.05) is 26.1 Å². The molecule has 10 heteroatoms. The Kier molecular flexibility index (Phi) is 8.25. The van der Waals surface area contributed by atoms with Gasteiger partial charge < -0.3 is 24.9 Å². The number of nitrogens with zero attached hydrogens (tertiary/aromatic N) is 4. The van der Waals surface area contributed by atoms with E-state index >= 15 is 0 Å². The van der Waals surface area contributed by atoms with E-state index in [0.29, 0.717) is 30.7 Å². The average molecular weight is 504 g/mol. The van der Waals surface area contributed by atoms with Crippen molar-refractivity contribution in [3.8, 4) is 0 Å². The summed E-state index contributed by atoms with van der Waals surface area (Å²) >= 11 is 0. The Morgan fingerprint density at radius 2 is 2.36 bits per heavy atom. The lowest BCUT2D eigenvalue weighted by Crippen LogP contribution is -2.47. The van der Waals surface area contributed by atoms with Crippen LogP contribution in [0.2, 0.25) is 0 Å². The first-order valence-electron chi connectivity index (χ1n) is 9.24. The number of methoxy groups -OCH3 is 1. The van der Waals surface area contributed by atoms with Gasteiger partial charge in [-0.25, -0.2) is 14.7 Å². The van der Waals surface area contributed by atoms with Crippen LogP contribution in [0.4, 0.5) is 0 Å². The second-order valence-electron chi connectivity index (χ2n) is 6.89. The van der Waals surface area contributed by atoms with Crippen molar-refractivity contribution in [3.05, 3.63) is 35.8 Å². The van der Waals surface area contributed by atoms with Gasteiger partial charge >= 0.3 is 0 Å². The topological polar surface area (TPSA) is 110 Å². The number of hydrogen-bond donors (Lipinski definition) is 3. The zero-order valence-corrected chi connectivity index (χ0v) is 18.8. The lowest BCUT2D eigenvalue weighted by Gasteiger charge is -2.26. The third-order valence-corrected chi connectivity index (χ3v) is 4.46. The van der Waals surface area contributed by atoms with Crippen molar-refractivity contribution in [1.82, 2.24) is 25.4 Å². The molecule has 3 rings (SSSR count). The minimum atomic E-state index is -1.16. The summed E-state index contributed by atoms with van der Waals surface area (Å²) < 4.78 is 12.4. The van der Waals surface area contributed by atoms with Crippen LogP contribution in [0.3, 0.4) is 0 Å². The number of fused-ring (bicyclic) bond motifs is 1. The van der Waals surface area contributed by atoms with Crippen LogP contribution in [0, 0.1) is 0 Å². The Balaban J connectivity index is 0.00000280. The van der Waals surface area contributed by atoms with Crippen molar-refractivity contribution in [3.63, 3.8) is 0 Å². The molecule has 156 valence electrons. The first kappa shape index (κ1) is 22.6. The zero-order chi connectivity index (χ0) is 19.3. The Hall–Kier alpha value is -1.66. The van der Waals surface area contributed by atoms with Crippen LogP contribution in [0.15, 0.2) is 27.8 Å². The van der Waals surface area contributed by atoms with E-state index in [9.17, 15) is 5.11 Å². The van der Waals surface area contributed by atoms with Gasteiger partial charge in [-0.3, -0.25) is 0 Å². The highest BCUT2D eigenvalue weighted by Gasteiger charge is 2.27. The molecule has 0 amide bonds. The van der Waals surface area contributed by atoms with Crippen molar-refractivity contribution in [2.24, 2.45) is 4.99 Å². The fraction of sp³-hybridized carbons (Fsp3) is 0.611. The van der Waals surface area contributed by atoms with Crippen molar-refractivity contribution in [2.45, 2.75) is 51.5 Å². The summed E-state index contributed by atoms with van der Waals surface area (Å²) in [4.78, 5) is 9.04. The molecular formula is C18H29IN6O3. The van der Waals surface area contributed by atoms with Crippen LogP contribution < -0.4 is 10.6 Å². The maximum absolute atomic E-state index is 10.6. The molecule has 0 aliphatic carbocycles. The fourth-order valence-electron chi connectivity index (χ4n) is 3.08. The van der Waals surface area contributed by atoms with E-state index in [4.69, 9.17) is 9.15 Å². The molecule has 9 nitrogen and oxygen atoms in total. The van der Waals surface area contributed by atoms with Gasteiger partial charge in [0.05, 0.1) is 19.4 Å². The standard InChI is InChI=1S/C18H28N6O3.HI/c1-4-19-17(20-12-18(2,25)14-6-5-9-27-14)21-13-7-8-16-22-15(11-26-3)23-24(16)10-13;/h5-6,9,13,25H,4,7-8,10-12H2,1-3H3,(H2,19,20,21);1H. The molecule has 0 saturated heterocycles. The third-order valence-electron chi connectivity index (χ3n) is 4.46. The number of aliphatic hydroxyl groups is 1. The lowest BCUT2D eigenvalue weighted by molar-refractivity contribution is 0.0436. The Labute approximate surface area is 182 Å². The molecule has 2 aromatic rings. The second-order valence-corrected chi connectivity index (χ2v) is 6.89. The van der Waals surface area contributed by atoms with E-state index in [1.165, 1.54) is 0 Å². The van der Waals surface area contributed by atoms with Crippen molar-refractivity contribution >= 4 is 29.9 Å². The van der Waals surface area contributed by atoms with E-state index in [1.54, 1.807) is 32.4 Å². The highest BCUT2D eigenvalue weighted by molar-refractivity contribution is 14.0. The Morgan fingerprint density at radius 3 is 3.04 bits per heavy atom. The first-order chi connectivity index (χ1) is 13.0. The molecule has 1 aliphatic rings. The van der Waals surface area contributed by atoms with Crippen molar-refractivity contribution in [2.75, 3.05) is 20.2 Å². The predicted molar refractivity (Wildman–Crippen MR) is 116 cm³/mol. The van der Waals surface area contributed by atoms with Crippen LogP contribution in [0.25, 0.3) is 0 Å². The van der Waals surface area contributed by atoms with E-state index in [-0.39, 0.29) is 36.6 Å². The quantitative estimate of drug-likeness (QED) is 0.297. The molecule has 3 heterocycles. The summed E-state index contributed by atoms with van der Waals surface area (Å²) in [6.45, 7) is 5.76. The number of hydrogen-bond acceptors (Lipinski definition) is 6. The van der Waals surface area contributed by atoms with Crippen LogP contribution in [-0.4, -0.2) is 52.1 Å². The molecule has 2 atom stereocenters. The van der Waals surface area contributed by atoms with Crippen LogP contribution in [0.5, 0.6) is 0 Å². The minimum Gasteiger partial charge on any atom is -0.466 e. The Bertz CT molecular complexity index is 759. The van der Waals surface area contributed by atoms with Gasteiger partial charge in [-0.15, -0.1) is 24.0 Å². The molecule has 0 bridgehead atoms.